The van der Waals surface area contributed by atoms with Crippen LogP contribution in [0.4, 0.5) is 10.1 Å². The first kappa shape index (κ1) is 21.2. The lowest BCUT2D eigenvalue weighted by Gasteiger charge is -2.19. The van der Waals surface area contributed by atoms with Crippen molar-refractivity contribution in [2.75, 3.05) is 5.32 Å². The Hall–Kier alpha value is -4.05. The third-order valence-electron chi connectivity index (χ3n) is 5.16. The Balaban J connectivity index is 1.70. The van der Waals surface area contributed by atoms with Gasteiger partial charge in [0.1, 0.15) is 5.82 Å². The molecule has 7 heteroatoms. The normalized spacial score (nSPS) is 11.4. The van der Waals surface area contributed by atoms with Crippen LogP contribution in [0.3, 0.4) is 0 Å². The molecule has 1 N–H and O–H groups in total. The highest BCUT2D eigenvalue weighted by atomic mass is 19.1. The monoisotopic (exact) mass is 427 g/mol. The van der Waals surface area contributed by atoms with Crippen LogP contribution in [0.2, 0.25) is 0 Å². The summed E-state index contributed by atoms with van der Waals surface area (Å²) >= 11 is 0. The molecule has 2 aromatic heterocycles. The summed E-state index contributed by atoms with van der Waals surface area (Å²) < 4.78 is 16.0. The second-order valence-corrected chi connectivity index (χ2v) is 8.69. The fraction of sp³-hybridized carbons (Fsp3) is 0.200. The van der Waals surface area contributed by atoms with Crippen LogP contribution in [0.25, 0.3) is 28.2 Å². The van der Waals surface area contributed by atoms with Gasteiger partial charge in [-0.15, -0.1) is 0 Å². The molecule has 4 aromatic rings. The van der Waals surface area contributed by atoms with Gasteiger partial charge in [0.25, 0.3) is 0 Å². The molecule has 0 unspecified atom stereocenters. The Morgan fingerprint density at radius 1 is 1.09 bits per heavy atom. The lowest BCUT2D eigenvalue weighted by atomic mass is 9.95. The Labute approximate surface area is 185 Å². The molecule has 6 nitrogen and oxygen atoms in total. The number of halogens is 1. The molecule has 32 heavy (non-hydrogen) atoms. The number of anilines is 1. The van der Waals surface area contributed by atoms with E-state index in [4.69, 9.17) is 5.26 Å². The van der Waals surface area contributed by atoms with Crippen molar-refractivity contribution in [2.24, 2.45) is 5.41 Å². The SMILES string of the molecule is Cc1ccc(-c2cn3nc(-c4ccc(C#N)cc4F)ccc3n2)cc1NC(=O)C(C)(C)C. The van der Waals surface area contributed by atoms with Crippen LogP contribution in [-0.2, 0) is 4.79 Å². The summed E-state index contributed by atoms with van der Waals surface area (Å²) in [6.45, 7) is 7.53. The number of imidazole rings is 1. The number of hydrogen-bond donors (Lipinski definition) is 1. The standard InChI is InChI=1S/C25H22FN5O/c1-15-5-7-17(12-21(15)29-24(32)25(2,3)4)22-14-31-23(28-22)10-9-20(30-31)18-8-6-16(13-27)11-19(18)26/h5-12,14H,1-4H3,(H,29,32). The molecular weight excluding hydrogens is 405 g/mol. The molecule has 0 radical (unpaired) electrons. The number of amides is 1. The molecule has 1 amide bonds. The van der Waals surface area contributed by atoms with Crippen molar-refractivity contribution < 1.29 is 9.18 Å². The maximum atomic E-state index is 14.4. The lowest BCUT2D eigenvalue weighted by molar-refractivity contribution is -0.123. The maximum absolute atomic E-state index is 14.4. The van der Waals surface area contributed by atoms with Gasteiger partial charge in [-0.25, -0.2) is 13.9 Å². The molecule has 2 heterocycles. The van der Waals surface area contributed by atoms with E-state index in [1.807, 2.05) is 52.0 Å². The fourth-order valence-electron chi connectivity index (χ4n) is 3.18. The van der Waals surface area contributed by atoms with E-state index in [0.717, 1.165) is 16.8 Å². The first-order valence-electron chi connectivity index (χ1n) is 10.1. The first-order valence-corrected chi connectivity index (χ1v) is 10.1. The van der Waals surface area contributed by atoms with Crippen molar-refractivity contribution >= 4 is 17.2 Å². The molecule has 0 saturated heterocycles. The Morgan fingerprint density at radius 3 is 2.56 bits per heavy atom. The molecule has 0 spiro atoms. The second-order valence-electron chi connectivity index (χ2n) is 8.69. The van der Waals surface area contributed by atoms with Crippen molar-refractivity contribution in [3.05, 3.63) is 71.7 Å². The number of aryl methyl sites for hydroxylation is 1. The van der Waals surface area contributed by atoms with E-state index in [-0.39, 0.29) is 11.5 Å². The van der Waals surface area contributed by atoms with E-state index in [9.17, 15) is 9.18 Å². The lowest BCUT2D eigenvalue weighted by Crippen LogP contribution is -2.27. The van der Waals surface area contributed by atoms with Gasteiger partial charge in [-0.1, -0.05) is 32.9 Å². The molecule has 0 saturated carbocycles. The highest BCUT2D eigenvalue weighted by Gasteiger charge is 2.22. The molecule has 0 fully saturated rings. The molecule has 2 aromatic carbocycles. The third kappa shape index (κ3) is 4.08. The zero-order valence-electron chi connectivity index (χ0n) is 18.3. The topological polar surface area (TPSA) is 83.1 Å². The Morgan fingerprint density at radius 2 is 1.88 bits per heavy atom. The summed E-state index contributed by atoms with van der Waals surface area (Å²) in [5, 5.41) is 16.4. The smallest absolute Gasteiger partial charge is 0.229 e. The molecule has 0 aliphatic rings. The summed E-state index contributed by atoms with van der Waals surface area (Å²) in [5.41, 5.74) is 4.29. The summed E-state index contributed by atoms with van der Waals surface area (Å²) in [7, 11) is 0. The third-order valence-corrected chi connectivity index (χ3v) is 5.16. The molecule has 4 rings (SSSR count). The van der Waals surface area contributed by atoms with E-state index in [1.54, 1.807) is 35.0 Å². The molecule has 0 aliphatic carbocycles. The van der Waals surface area contributed by atoms with Crippen LogP contribution in [0.5, 0.6) is 0 Å². The number of hydrogen-bond acceptors (Lipinski definition) is 4. The number of rotatable bonds is 3. The van der Waals surface area contributed by atoms with Gasteiger partial charge in [0.05, 0.1) is 29.2 Å². The van der Waals surface area contributed by atoms with Crippen molar-refractivity contribution in [3.63, 3.8) is 0 Å². The molecule has 0 atom stereocenters. The summed E-state index contributed by atoms with van der Waals surface area (Å²) in [6.07, 6.45) is 1.76. The minimum Gasteiger partial charge on any atom is -0.325 e. The number of carbonyl (C=O) groups is 1. The number of aromatic nitrogens is 3. The summed E-state index contributed by atoms with van der Waals surface area (Å²) in [6, 6.07) is 15.4. The maximum Gasteiger partial charge on any atom is 0.229 e. The zero-order valence-corrected chi connectivity index (χ0v) is 18.3. The number of nitrogens with zero attached hydrogens (tertiary/aromatic N) is 4. The van der Waals surface area contributed by atoms with Gasteiger partial charge in [-0.3, -0.25) is 4.79 Å². The van der Waals surface area contributed by atoms with Crippen LogP contribution < -0.4 is 5.32 Å². The Kier molecular flexibility index (Phi) is 5.23. The average molecular weight is 427 g/mol. The van der Waals surface area contributed by atoms with Crippen molar-refractivity contribution in [2.45, 2.75) is 27.7 Å². The Bertz CT molecular complexity index is 1390. The van der Waals surface area contributed by atoms with Gasteiger partial charge in [-0.2, -0.15) is 10.4 Å². The summed E-state index contributed by atoms with van der Waals surface area (Å²) in [5.74, 6) is -0.572. The van der Waals surface area contributed by atoms with E-state index in [2.05, 4.69) is 15.4 Å². The summed E-state index contributed by atoms with van der Waals surface area (Å²) in [4.78, 5) is 17.0. The van der Waals surface area contributed by atoms with E-state index >= 15 is 0 Å². The van der Waals surface area contributed by atoms with Gasteiger partial charge in [-0.05, 0) is 48.9 Å². The number of fused-ring (bicyclic) bond motifs is 1. The average Bonchev–Trinajstić information content (AvgIpc) is 3.17. The van der Waals surface area contributed by atoms with Crippen LogP contribution in [0.15, 0.2) is 54.7 Å². The number of nitrogens with one attached hydrogen (secondary N) is 1. The number of carbonyl (C=O) groups excluding carboxylic acids is 1. The fourth-order valence-corrected chi connectivity index (χ4v) is 3.18. The van der Waals surface area contributed by atoms with Gasteiger partial charge in [0, 0.05) is 22.2 Å². The predicted octanol–water partition coefficient (Wildman–Crippen LogP) is 5.37. The van der Waals surface area contributed by atoms with Crippen molar-refractivity contribution in [3.8, 4) is 28.6 Å². The number of benzene rings is 2. The highest BCUT2D eigenvalue weighted by Crippen LogP contribution is 2.28. The van der Waals surface area contributed by atoms with Crippen molar-refractivity contribution in [1.29, 1.82) is 5.26 Å². The first-order chi connectivity index (χ1) is 15.2. The van der Waals surface area contributed by atoms with Gasteiger partial charge in [0.2, 0.25) is 5.91 Å². The van der Waals surface area contributed by atoms with E-state index in [1.165, 1.54) is 6.07 Å². The van der Waals surface area contributed by atoms with Crippen LogP contribution in [-0.4, -0.2) is 20.5 Å². The second kappa shape index (κ2) is 7.89. The van der Waals surface area contributed by atoms with Gasteiger partial charge < -0.3 is 5.32 Å². The molecule has 0 bridgehead atoms. The van der Waals surface area contributed by atoms with E-state index < -0.39 is 11.2 Å². The van der Waals surface area contributed by atoms with Crippen LogP contribution in [0.1, 0.15) is 31.9 Å². The molecule has 0 aliphatic heterocycles. The highest BCUT2D eigenvalue weighted by molar-refractivity contribution is 5.95. The van der Waals surface area contributed by atoms with E-state index in [0.29, 0.717) is 22.6 Å². The van der Waals surface area contributed by atoms with Gasteiger partial charge in [0.15, 0.2) is 5.65 Å². The molecule has 160 valence electrons. The minimum atomic E-state index is -0.507. The van der Waals surface area contributed by atoms with Gasteiger partial charge >= 0.3 is 0 Å². The predicted molar refractivity (Wildman–Crippen MR) is 121 cm³/mol. The minimum absolute atomic E-state index is 0.0662. The van der Waals surface area contributed by atoms with Crippen LogP contribution in [0, 0.1) is 29.5 Å². The molecular formula is C25H22FN5O. The number of nitriles is 1. The largest absolute Gasteiger partial charge is 0.325 e. The van der Waals surface area contributed by atoms with Crippen molar-refractivity contribution in [1.82, 2.24) is 14.6 Å². The zero-order chi connectivity index (χ0) is 23.0. The quantitative estimate of drug-likeness (QED) is 0.477. The van der Waals surface area contributed by atoms with Crippen LogP contribution >= 0.6 is 0 Å².